The van der Waals surface area contributed by atoms with Crippen LogP contribution in [0, 0.1) is 5.82 Å². The second-order valence-corrected chi connectivity index (χ2v) is 7.87. The molecule has 26 heavy (non-hydrogen) atoms. The van der Waals surface area contributed by atoms with Crippen molar-refractivity contribution in [2.24, 2.45) is 0 Å². The Hall–Kier alpha value is -2.67. The zero-order valence-corrected chi connectivity index (χ0v) is 15.5. The molecule has 136 valence electrons. The van der Waals surface area contributed by atoms with E-state index in [1.807, 2.05) is 6.92 Å². The van der Waals surface area contributed by atoms with Crippen LogP contribution in [0.4, 0.5) is 10.3 Å². The predicted molar refractivity (Wildman–Crippen MR) is 97.5 cm³/mol. The summed E-state index contributed by atoms with van der Waals surface area (Å²) in [5.41, 5.74) is 1.14. The van der Waals surface area contributed by atoms with Gasteiger partial charge in [-0.15, -0.1) is 0 Å². The number of sulfone groups is 1. The van der Waals surface area contributed by atoms with E-state index in [2.05, 4.69) is 4.98 Å². The summed E-state index contributed by atoms with van der Waals surface area (Å²) in [5, 5.41) is -0.231. The van der Waals surface area contributed by atoms with E-state index in [0.29, 0.717) is 0 Å². The van der Waals surface area contributed by atoms with Gasteiger partial charge in [0.1, 0.15) is 5.82 Å². The molecule has 7 heteroatoms. The maximum absolute atomic E-state index is 14.1. The van der Waals surface area contributed by atoms with E-state index in [-0.39, 0.29) is 27.3 Å². The van der Waals surface area contributed by atoms with Gasteiger partial charge in [0.05, 0.1) is 10.5 Å². The van der Waals surface area contributed by atoms with Gasteiger partial charge in [-0.2, -0.15) is 4.98 Å². The van der Waals surface area contributed by atoms with Crippen LogP contribution in [0.5, 0.6) is 0 Å². The topological polar surface area (TPSA) is 63.4 Å². The number of aromatic nitrogens is 1. The number of hydrogen-bond acceptors (Lipinski definition) is 5. The molecule has 0 radical (unpaired) electrons. The Labute approximate surface area is 152 Å². The number of anilines is 1. The minimum Gasteiger partial charge on any atom is -0.419 e. The molecule has 0 N–H and O–H groups in total. The molecule has 0 atom stereocenters. The van der Waals surface area contributed by atoms with E-state index in [1.165, 1.54) is 17.0 Å². The smallest absolute Gasteiger partial charge is 0.235 e. The maximum atomic E-state index is 14.1. The molecule has 0 bridgehead atoms. The highest BCUT2D eigenvalue weighted by molar-refractivity contribution is 7.91. The minimum absolute atomic E-state index is 0.0582. The van der Waals surface area contributed by atoms with E-state index >= 15 is 0 Å². The second-order valence-electron chi connectivity index (χ2n) is 6.00. The van der Waals surface area contributed by atoms with Crippen molar-refractivity contribution in [1.82, 2.24) is 4.98 Å². The summed E-state index contributed by atoms with van der Waals surface area (Å²) in [6.07, 6.45) is 0.810. The molecule has 0 amide bonds. The molecule has 3 aromatic rings. The summed E-state index contributed by atoms with van der Waals surface area (Å²) in [6.45, 7) is 1.99. The Morgan fingerprint density at radius 3 is 2.31 bits per heavy atom. The lowest BCUT2D eigenvalue weighted by Gasteiger charge is -2.10. The van der Waals surface area contributed by atoms with Crippen molar-refractivity contribution in [1.29, 1.82) is 0 Å². The van der Waals surface area contributed by atoms with Crippen LogP contribution in [0.2, 0.25) is 0 Å². The van der Waals surface area contributed by atoms with Gasteiger partial charge in [0.15, 0.2) is 0 Å². The van der Waals surface area contributed by atoms with Crippen LogP contribution in [-0.4, -0.2) is 27.5 Å². The molecule has 1 heterocycles. The first-order valence-electron chi connectivity index (χ1n) is 8.11. The minimum atomic E-state index is -3.91. The molecule has 0 aliphatic rings. The summed E-state index contributed by atoms with van der Waals surface area (Å²) in [6, 6.07) is 12.6. The highest BCUT2D eigenvalue weighted by Gasteiger charge is 2.30. The third-order valence-electron chi connectivity index (χ3n) is 3.99. The first-order chi connectivity index (χ1) is 12.3. The number of benzene rings is 2. The fourth-order valence-corrected chi connectivity index (χ4v) is 3.90. The van der Waals surface area contributed by atoms with Crippen molar-refractivity contribution in [3.8, 4) is 11.5 Å². The third kappa shape index (κ3) is 3.22. The normalized spacial score (nSPS) is 11.5. The third-order valence-corrected chi connectivity index (χ3v) is 5.65. The lowest BCUT2D eigenvalue weighted by Crippen LogP contribution is -2.13. The first-order valence-corrected chi connectivity index (χ1v) is 9.60. The van der Waals surface area contributed by atoms with Gasteiger partial charge in [0.25, 0.3) is 0 Å². The average molecular weight is 374 g/mol. The quantitative estimate of drug-likeness (QED) is 0.677. The van der Waals surface area contributed by atoms with E-state index in [0.717, 1.165) is 12.0 Å². The van der Waals surface area contributed by atoms with Crippen molar-refractivity contribution in [3.05, 3.63) is 59.9 Å². The Morgan fingerprint density at radius 1 is 1.08 bits per heavy atom. The molecule has 0 aliphatic heterocycles. The summed E-state index contributed by atoms with van der Waals surface area (Å²) >= 11 is 0. The summed E-state index contributed by atoms with van der Waals surface area (Å²) in [4.78, 5) is 5.74. The summed E-state index contributed by atoms with van der Waals surface area (Å²) < 4.78 is 45.7. The summed E-state index contributed by atoms with van der Waals surface area (Å²) in [7, 11) is -0.621. The monoisotopic (exact) mass is 374 g/mol. The van der Waals surface area contributed by atoms with Gasteiger partial charge in [-0.25, -0.2) is 12.8 Å². The molecule has 0 unspecified atom stereocenters. The standard InChI is InChI=1S/C19H19FN2O3S/c1-4-13-9-11-14(12-10-13)26(23,24)18-19(22(2)3)25-17(21-18)15-7-5-6-8-16(15)20/h5-12H,4H2,1-3H3. The molecular formula is C19H19FN2O3S. The number of nitrogens with zero attached hydrogens (tertiary/aromatic N) is 2. The van der Waals surface area contributed by atoms with Gasteiger partial charge in [0, 0.05) is 14.1 Å². The summed E-state index contributed by atoms with van der Waals surface area (Å²) in [5.74, 6) is -0.548. The Morgan fingerprint density at radius 2 is 1.73 bits per heavy atom. The lowest BCUT2D eigenvalue weighted by atomic mass is 10.2. The fraction of sp³-hybridized carbons (Fsp3) is 0.211. The Balaban J connectivity index is 2.15. The SMILES string of the molecule is CCc1ccc(S(=O)(=O)c2nc(-c3ccccc3F)oc2N(C)C)cc1. The van der Waals surface area contributed by atoms with Crippen LogP contribution in [0.3, 0.4) is 0 Å². The van der Waals surface area contributed by atoms with Crippen molar-refractivity contribution in [2.75, 3.05) is 19.0 Å². The van der Waals surface area contributed by atoms with E-state index in [1.54, 1.807) is 50.5 Å². The zero-order chi connectivity index (χ0) is 18.9. The van der Waals surface area contributed by atoms with Crippen LogP contribution in [0.15, 0.2) is 62.9 Å². The van der Waals surface area contributed by atoms with Crippen molar-refractivity contribution >= 4 is 15.7 Å². The lowest BCUT2D eigenvalue weighted by molar-refractivity contribution is 0.555. The van der Waals surface area contributed by atoms with Crippen LogP contribution < -0.4 is 4.90 Å². The molecule has 0 saturated carbocycles. The second kappa shape index (κ2) is 6.92. The largest absolute Gasteiger partial charge is 0.419 e. The van der Waals surface area contributed by atoms with Gasteiger partial charge < -0.3 is 9.32 Å². The molecule has 0 aliphatic carbocycles. The molecule has 2 aromatic carbocycles. The molecule has 0 fully saturated rings. The highest BCUT2D eigenvalue weighted by Crippen LogP contribution is 2.34. The number of hydrogen-bond donors (Lipinski definition) is 0. The predicted octanol–water partition coefficient (Wildman–Crippen LogP) is 3.94. The van der Waals surface area contributed by atoms with Gasteiger partial charge in [-0.3, -0.25) is 0 Å². The van der Waals surface area contributed by atoms with E-state index in [9.17, 15) is 12.8 Å². The van der Waals surface area contributed by atoms with Crippen LogP contribution in [0.25, 0.3) is 11.5 Å². The fourth-order valence-electron chi connectivity index (χ4n) is 2.52. The highest BCUT2D eigenvalue weighted by atomic mass is 32.2. The number of aryl methyl sites for hydroxylation is 1. The van der Waals surface area contributed by atoms with Gasteiger partial charge in [-0.05, 0) is 36.2 Å². The molecule has 3 rings (SSSR count). The van der Waals surface area contributed by atoms with Crippen molar-refractivity contribution in [3.63, 3.8) is 0 Å². The number of halogens is 1. The molecule has 0 spiro atoms. The van der Waals surface area contributed by atoms with Crippen LogP contribution >= 0.6 is 0 Å². The first kappa shape index (κ1) is 18.1. The van der Waals surface area contributed by atoms with Crippen LogP contribution in [0.1, 0.15) is 12.5 Å². The Kier molecular flexibility index (Phi) is 4.82. The van der Waals surface area contributed by atoms with E-state index in [4.69, 9.17) is 4.42 Å². The van der Waals surface area contributed by atoms with Gasteiger partial charge >= 0.3 is 0 Å². The molecule has 5 nitrogen and oxygen atoms in total. The van der Waals surface area contributed by atoms with Gasteiger partial charge in [0.2, 0.25) is 26.6 Å². The van der Waals surface area contributed by atoms with Crippen molar-refractivity contribution in [2.45, 2.75) is 23.3 Å². The number of oxazole rings is 1. The van der Waals surface area contributed by atoms with Gasteiger partial charge in [-0.1, -0.05) is 31.2 Å². The molecule has 1 aromatic heterocycles. The molecular weight excluding hydrogens is 355 g/mol. The van der Waals surface area contributed by atoms with E-state index < -0.39 is 15.7 Å². The Bertz CT molecular complexity index is 1030. The maximum Gasteiger partial charge on any atom is 0.235 e. The zero-order valence-electron chi connectivity index (χ0n) is 14.7. The van der Waals surface area contributed by atoms with Crippen molar-refractivity contribution < 1.29 is 17.2 Å². The number of rotatable bonds is 5. The van der Waals surface area contributed by atoms with Crippen LogP contribution in [-0.2, 0) is 16.3 Å². The average Bonchev–Trinajstić information content (AvgIpc) is 3.08. The molecule has 0 saturated heterocycles.